The minimum atomic E-state index is -0.344. The molecular weight excluding hydrogens is 1350 g/mol. The standard InChI is InChI=1S/C85H84Br2N4O7/c1-5-8-11-14-51-96-65-39-33-62(34-40-65)90(59-27-21-56(4)22-28-59)60-29-23-57(24-30-60)19-17-49-88-82(92)70-47-45-68-79-75(87)55-73-77-71(48-46-69(81(77)79)78-74(86)54-72(84(88)94)76(70)80(68)78)83(93)89(85(73)95)50-18-20-58-25-31-61(32-26-58)91(63-35-41-66(42-36-63)97-52-15-12-9-6-2)64-37-43-67(44-38-64)98-53-16-13-10-7-3/h21-48,54-55H,5-20,49-53H2,1-4H3. The van der Waals surface area contributed by atoms with Crippen LogP contribution in [-0.4, -0.2) is 66.3 Å². The molecule has 500 valence electrons. The van der Waals surface area contributed by atoms with E-state index in [1.54, 1.807) is 0 Å². The second-order valence-corrected chi connectivity index (χ2v) is 27.9. The average molecular weight is 1430 g/mol. The maximum absolute atomic E-state index is 14.8. The van der Waals surface area contributed by atoms with Gasteiger partial charge in [-0.05, 0) is 207 Å². The number of hydrogen-bond donors (Lipinski definition) is 0. The SMILES string of the molecule is CCCCCCOc1ccc(N(c2ccc(C)cc2)c2ccc(CCCN3C(=O)c4ccc5c6c(Br)cc7c8c(ccc(c9c(Br)cc(c4c59)C3=O)c86)C(=O)N(CCCc3ccc(N(c4ccc(OCCCCCC)cc4)c4ccc(OCCCCCC)cc4)cc3)C7=O)cc2)cc1. The summed E-state index contributed by atoms with van der Waals surface area (Å²) in [7, 11) is 0. The first-order valence-electron chi connectivity index (χ1n) is 35.3. The summed E-state index contributed by atoms with van der Waals surface area (Å²) < 4.78 is 19.7. The Hall–Kier alpha value is -9.04. The number of halogens is 2. The van der Waals surface area contributed by atoms with Crippen LogP contribution in [0.1, 0.15) is 169 Å². The van der Waals surface area contributed by atoms with Crippen LogP contribution >= 0.6 is 31.9 Å². The van der Waals surface area contributed by atoms with Gasteiger partial charge in [-0.1, -0.05) is 165 Å². The van der Waals surface area contributed by atoms with Crippen molar-refractivity contribution in [2.75, 3.05) is 42.7 Å². The van der Waals surface area contributed by atoms with E-state index in [9.17, 15) is 19.2 Å². The first-order valence-corrected chi connectivity index (χ1v) is 36.9. The highest BCUT2D eigenvalue weighted by atomic mass is 79.9. The van der Waals surface area contributed by atoms with E-state index in [0.717, 1.165) is 127 Å². The number of fused-ring (bicyclic) bond motifs is 2. The summed E-state index contributed by atoms with van der Waals surface area (Å²) in [6.07, 6.45) is 16.3. The molecule has 0 N–H and O–H groups in total. The first kappa shape index (κ1) is 67.5. The van der Waals surface area contributed by atoms with Crippen molar-refractivity contribution in [3.05, 3.63) is 230 Å². The van der Waals surface area contributed by atoms with E-state index in [1.165, 1.54) is 60.3 Å². The van der Waals surface area contributed by atoms with E-state index in [4.69, 9.17) is 14.2 Å². The number of ether oxygens (including phenoxy) is 3. The number of nitrogens with zero attached hydrogens (tertiary/aromatic N) is 4. The smallest absolute Gasteiger partial charge is 0.261 e. The molecule has 0 aromatic heterocycles. The van der Waals surface area contributed by atoms with E-state index in [2.05, 4.69) is 179 Å². The number of rotatable bonds is 32. The van der Waals surface area contributed by atoms with Gasteiger partial charge in [0.05, 0.1) is 19.8 Å². The van der Waals surface area contributed by atoms with Crippen LogP contribution in [0.3, 0.4) is 0 Å². The van der Waals surface area contributed by atoms with Crippen LogP contribution in [0.25, 0.3) is 43.1 Å². The second-order valence-electron chi connectivity index (χ2n) is 26.2. The van der Waals surface area contributed by atoms with Crippen molar-refractivity contribution in [1.29, 1.82) is 0 Å². The van der Waals surface area contributed by atoms with Gasteiger partial charge in [-0.2, -0.15) is 0 Å². The summed E-state index contributed by atoms with van der Waals surface area (Å²) >= 11 is 7.83. The van der Waals surface area contributed by atoms with Crippen LogP contribution in [0, 0.1) is 6.92 Å². The molecule has 0 aliphatic carbocycles. The first-order chi connectivity index (χ1) is 47.9. The van der Waals surface area contributed by atoms with Crippen molar-refractivity contribution in [3.63, 3.8) is 0 Å². The minimum Gasteiger partial charge on any atom is -0.494 e. The van der Waals surface area contributed by atoms with Gasteiger partial charge in [-0.3, -0.25) is 29.0 Å². The van der Waals surface area contributed by atoms with Gasteiger partial charge < -0.3 is 24.0 Å². The summed E-state index contributed by atoms with van der Waals surface area (Å²) in [5, 5.41) is 6.01. The Kier molecular flexibility index (Phi) is 21.2. The zero-order valence-electron chi connectivity index (χ0n) is 56.6. The van der Waals surface area contributed by atoms with E-state index in [0.29, 0.717) is 87.5 Å². The van der Waals surface area contributed by atoms with Gasteiger partial charge in [0, 0.05) is 111 Å². The molecule has 0 unspecified atom stereocenters. The average Bonchev–Trinajstić information content (AvgIpc) is 0.684. The van der Waals surface area contributed by atoms with E-state index < -0.39 is 0 Å². The largest absolute Gasteiger partial charge is 0.494 e. The van der Waals surface area contributed by atoms with Gasteiger partial charge in [0.2, 0.25) is 0 Å². The number of imide groups is 2. The molecule has 0 saturated heterocycles. The molecule has 0 atom stereocenters. The van der Waals surface area contributed by atoms with Crippen LogP contribution in [0.15, 0.2) is 191 Å². The van der Waals surface area contributed by atoms with E-state index >= 15 is 0 Å². The topological polar surface area (TPSA) is 109 Å². The third kappa shape index (κ3) is 14.0. The number of unbranched alkanes of at least 4 members (excludes halogenated alkanes) is 9. The molecule has 4 amide bonds. The number of benzene rings is 11. The molecule has 98 heavy (non-hydrogen) atoms. The van der Waals surface area contributed by atoms with Crippen molar-refractivity contribution in [2.24, 2.45) is 0 Å². The molecule has 13 heteroatoms. The molecule has 0 saturated carbocycles. The molecule has 11 nitrogen and oxygen atoms in total. The van der Waals surface area contributed by atoms with Crippen molar-refractivity contribution < 1.29 is 33.4 Å². The Bertz CT molecular complexity index is 4620. The monoisotopic (exact) mass is 1430 g/mol. The fraction of sp³-hybridized carbons (Fsp3) is 0.294. The molecule has 11 aromatic carbocycles. The van der Waals surface area contributed by atoms with Gasteiger partial charge in [0.25, 0.3) is 23.6 Å². The van der Waals surface area contributed by atoms with Crippen molar-refractivity contribution >= 4 is 133 Å². The van der Waals surface area contributed by atoms with Crippen LogP contribution < -0.4 is 24.0 Å². The number of hydrogen-bond acceptors (Lipinski definition) is 9. The summed E-state index contributed by atoms with van der Waals surface area (Å²) in [5.41, 5.74) is 11.2. The predicted molar refractivity (Wildman–Crippen MR) is 406 cm³/mol. The molecular formula is C85H84Br2N4O7. The summed E-state index contributed by atoms with van der Waals surface area (Å²) in [5.74, 6) is 1.21. The summed E-state index contributed by atoms with van der Waals surface area (Å²) in [4.78, 5) is 66.3. The van der Waals surface area contributed by atoms with Gasteiger partial charge in [-0.15, -0.1) is 0 Å². The third-order valence-corrected chi connectivity index (χ3v) is 20.6. The fourth-order valence-electron chi connectivity index (χ4n) is 14.2. The molecule has 2 heterocycles. The number of carbonyl (C=O) groups is 4. The highest BCUT2D eigenvalue weighted by molar-refractivity contribution is 9.11. The summed E-state index contributed by atoms with van der Waals surface area (Å²) in [6, 6.07) is 61.7. The molecule has 13 rings (SSSR count). The predicted octanol–water partition coefficient (Wildman–Crippen LogP) is 22.8. The highest BCUT2D eigenvalue weighted by Gasteiger charge is 2.38. The number of carbonyl (C=O) groups excluding carboxylic acids is 4. The molecule has 0 spiro atoms. The van der Waals surface area contributed by atoms with Crippen LogP contribution in [0.4, 0.5) is 34.1 Å². The quantitative estimate of drug-likeness (QED) is 0.0176. The second kappa shape index (κ2) is 30.8. The Morgan fingerprint density at radius 2 is 0.633 bits per heavy atom. The van der Waals surface area contributed by atoms with Crippen LogP contribution in [0.5, 0.6) is 17.2 Å². The Morgan fingerprint density at radius 1 is 0.327 bits per heavy atom. The summed E-state index contributed by atoms with van der Waals surface area (Å²) in [6.45, 7) is 11.3. The van der Waals surface area contributed by atoms with Crippen molar-refractivity contribution in [1.82, 2.24) is 9.80 Å². The van der Waals surface area contributed by atoms with Gasteiger partial charge in [0.15, 0.2) is 0 Å². The number of anilines is 6. The number of amides is 4. The normalized spacial score (nSPS) is 12.9. The lowest BCUT2D eigenvalue weighted by molar-refractivity contribution is 0.0593. The zero-order chi connectivity index (χ0) is 67.8. The Morgan fingerprint density at radius 3 is 0.959 bits per heavy atom. The molecule has 0 radical (unpaired) electrons. The minimum absolute atomic E-state index is 0.235. The highest BCUT2D eigenvalue weighted by Crippen LogP contribution is 2.51. The van der Waals surface area contributed by atoms with Crippen LogP contribution in [-0.2, 0) is 12.8 Å². The lowest BCUT2D eigenvalue weighted by Gasteiger charge is -2.31. The van der Waals surface area contributed by atoms with E-state index in [1.807, 2.05) is 72.8 Å². The number of aryl methyl sites for hydroxylation is 3. The lowest BCUT2D eigenvalue weighted by atomic mass is 9.82. The fourth-order valence-corrected chi connectivity index (χ4v) is 15.5. The van der Waals surface area contributed by atoms with Gasteiger partial charge >= 0.3 is 0 Å². The lowest BCUT2D eigenvalue weighted by Crippen LogP contribution is -2.41. The molecule has 2 aliphatic rings. The maximum atomic E-state index is 14.8. The van der Waals surface area contributed by atoms with Crippen molar-refractivity contribution in [3.8, 4) is 17.2 Å². The van der Waals surface area contributed by atoms with Crippen LogP contribution in [0.2, 0.25) is 0 Å². The Balaban J connectivity index is 0.695. The van der Waals surface area contributed by atoms with Gasteiger partial charge in [-0.25, -0.2) is 0 Å². The van der Waals surface area contributed by atoms with Gasteiger partial charge in [0.1, 0.15) is 17.2 Å². The third-order valence-electron chi connectivity index (χ3n) is 19.4. The maximum Gasteiger partial charge on any atom is 0.261 e. The van der Waals surface area contributed by atoms with Crippen molar-refractivity contribution in [2.45, 2.75) is 130 Å². The Labute approximate surface area is 592 Å². The molecule has 0 bridgehead atoms. The van der Waals surface area contributed by atoms with E-state index in [-0.39, 0.29) is 36.7 Å². The molecule has 0 fully saturated rings. The zero-order valence-corrected chi connectivity index (χ0v) is 59.7. The molecule has 2 aliphatic heterocycles. The molecule has 11 aromatic rings.